The summed E-state index contributed by atoms with van der Waals surface area (Å²) in [5.41, 5.74) is 1.35. The normalized spacial score (nSPS) is 15.9. The largest absolute Gasteiger partial charge is 0.434 e. The van der Waals surface area contributed by atoms with Crippen LogP contribution in [0, 0.1) is 0 Å². The van der Waals surface area contributed by atoms with Crippen LogP contribution in [0.2, 0.25) is 0 Å². The Hall–Kier alpha value is -2.43. The van der Waals surface area contributed by atoms with E-state index in [-0.39, 0.29) is 11.5 Å². The number of alkyl halides is 2. The summed E-state index contributed by atoms with van der Waals surface area (Å²) in [5, 5.41) is 0. The van der Waals surface area contributed by atoms with Crippen molar-refractivity contribution in [3.05, 3.63) is 59.7 Å². The first-order valence-electron chi connectivity index (χ1n) is 7.35. The zero-order valence-corrected chi connectivity index (χ0v) is 12.9. The van der Waals surface area contributed by atoms with E-state index in [0.29, 0.717) is 17.7 Å². The van der Waals surface area contributed by atoms with Gasteiger partial charge in [0.05, 0.1) is 5.54 Å². The second kappa shape index (κ2) is 5.65. The number of halogens is 2. The summed E-state index contributed by atoms with van der Waals surface area (Å²) in [6, 6.07) is 14.0. The second-order valence-corrected chi connectivity index (χ2v) is 5.98. The number of Topliss-reactive ketones (excluding diaryl/α,β-unsaturated/α-hetero) is 1. The van der Waals surface area contributed by atoms with Crippen molar-refractivity contribution in [2.45, 2.75) is 32.5 Å². The summed E-state index contributed by atoms with van der Waals surface area (Å²) < 4.78 is 29.7. The van der Waals surface area contributed by atoms with Gasteiger partial charge in [-0.15, -0.1) is 0 Å². The number of para-hydroxylation sites is 2. The van der Waals surface area contributed by atoms with Gasteiger partial charge in [0, 0.05) is 23.4 Å². The van der Waals surface area contributed by atoms with E-state index in [4.69, 9.17) is 0 Å². The van der Waals surface area contributed by atoms with E-state index in [2.05, 4.69) is 4.74 Å². The lowest BCUT2D eigenvalue weighted by atomic mass is 9.97. The molecule has 5 heteroatoms. The Labute approximate surface area is 133 Å². The minimum Gasteiger partial charge on any atom is -0.434 e. The van der Waals surface area contributed by atoms with Crippen LogP contribution < -0.4 is 9.64 Å². The molecule has 0 N–H and O–H groups in total. The van der Waals surface area contributed by atoms with E-state index in [9.17, 15) is 13.6 Å². The maximum atomic E-state index is 12.6. The first-order chi connectivity index (χ1) is 10.9. The van der Waals surface area contributed by atoms with Crippen molar-refractivity contribution in [1.82, 2.24) is 0 Å². The SMILES string of the molecule is CC1(C)C(=O)c2ccccc2N1Cc1ccccc1OC(F)F. The average molecular weight is 317 g/mol. The van der Waals surface area contributed by atoms with Crippen molar-refractivity contribution >= 4 is 11.5 Å². The van der Waals surface area contributed by atoms with Gasteiger partial charge in [-0.05, 0) is 32.0 Å². The van der Waals surface area contributed by atoms with Gasteiger partial charge < -0.3 is 9.64 Å². The molecule has 3 rings (SSSR count). The summed E-state index contributed by atoms with van der Waals surface area (Å²) in [7, 11) is 0. The summed E-state index contributed by atoms with van der Waals surface area (Å²) in [5.74, 6) is 0.162. The standard InChI is InChI=1S/C18H17F2NO2/c1-18(2)16(22)13-8-4-5-9-14(13)21(18)11-12-7-3-6-10-15(12)23-17(19)20/h3-10,17H,11H2,1-2H3. The van der Waals surface area contributed by atoms with Crippen molar-refractivity contribution in [3.8, 4) is 5.75 Å². The maximum Gasteiger partial charge on any atom is 0.387 e. The predicted octanol–water partition coefficient (Wildman–Crippen LogP) is 4.27. The van der Waals surface area contributed by atoms with Gasteiger partial charge >= 0.3 is 6.61 Å². The first-order valence-corrected chi connectivity index (χ1v) is 7.35. The lowest BCUT2D eigenvalue weighted by Crippen LogP contribution is -2.44. The van der Waals surface area contributed by atoms with Crippen LogP contribution in [0.1, 0.15) is 29.8 Å². The fourth-order valence-electron chi connectivity index (χ4n) is 2.95. The number of hydrogen-bond acceptors (Lipinski definition) is 3. The molecule has 0 amide bonds. The predicted molar refractivity (Wildman–Crippen MR) is 84.1 cm³/mol. The van der Waals surface area contributed by atoms with E-state index >= 15 is 0 Å². The third-order valence-corrected chi connectivity index (χ3v) is 4.19. The third-order valence-electron chi connectivity index (χ3n) is 4.19. The third kappa shape index (κ3) is 2.67. The number of hydrogen-bond donors (Lipinski definition) is 0. The molecule has 0 radical (unpaired) electrons. The van der Waals surface area contributed by atoms with Crippen LogP contribution in [-0.4, -0.2) is 17.9 Å². The summed E-state index contributed by atoms with van der Waals surface area (Å²) in [6.07, 6.45) is 0. The van der Waals surface area contributed by atoms with Crippen LogP contribution in [0.5, 0.6) is 5.75 Å². The van der Waals surface area contributed by atoms with Gasteiger partial charge in [-0.2, -0.15) is 8.78 Å². The lowest BCUT2D eigenvalue weighted by Gasteiger charge is -2.33. The number of ketones is 1. The van der Waals surface area contributed by atoms with Crippen LogP contribution in [-0.2, 0) is 6.54 Å². The molecule has 0 unspecified atom stereocenters. The van der Waals surface area contributed by atoms with Gasteiger partial charge in [0.25, 0.3) is 0 Å². The molecule has 1 heterocycles. The Kier molecular flexibility index (Phi) is 3.80. The second-order valence-electron chi connectivity index (χ2n) is 5.98. The zero-order chi connectivity index (χ0) is 16.6. The molecule has 0 saturated heterocycles. The number of carbonyl (C=O) groups excluding carboxylic acids is 1. The van der Waals surface area contributed by atoms with Crippen molar-refractivity contribution in [2.75, 3.05) is 4.90 Å². The van der Waals surface area contributed by atoms with Gasteiger partial charge in [-0.1, -0.05) is 30.3 Å². The van der Waals surface area contributed by atoms with Gasteiger partial charge in [0.1, 0.15) is 5.75 Å². The fourth-order valence-corrected chi connectivity index (χ4v) is 2.95. The Bertz CT molecular complexity index is 743. The van der Waals surface area contributed by atoms with Gasteiger partial charge in [-0.3, -0.25) is 4.79 Å². The van der Waals surface area contributed by atoms with Crippen molar-refractivity contribution < 1.29 is 18.3 Å². The number of benzene rings is 2. The molecule has 1 aliphatic rings. The van der Waals surface area contributed by atoms with Crippen LogP contribution >= 0.6 is 0 Å². The van der Waals surface area contributed by atoms with Crippen molar-refractivity contribution in [2.24, 2.45) is 0 Å². The number of ether oxygens (including phenoxy) is 1. The molecule has 2 aromatic carbocycles. The average Bonchev–Trinajstić information content (AvgIpc) is 2.70. The van der Waals surface area contributed by atoms with Gasteiger partial charge in [0.15, 0.2) is 5.78 Å². The molecule has 0 saturated carbocycles. The molecule has 0 atom stereocenters. The number of carbonyl (C=O) groups is 1. The maximum absolute atomic E-state index is 12.6. The molecule has 0 spiro atoms. The van der Waals surface area contributed by atoms with Crippen LogP contribution in [0.3, 0.4) is 0 Å². The molecule has 0 fully saturated rings. The number of rotatable bonds is 4. The van der Waals surface area contributed by atoms with E-state index in [1.165, 1.54) is 6.07 Å². The highest BCUT2D eigenvalue weighted by Gasteiger charge is 2.43. The molecule has 0 aliphatic carbocycles. The minimum absolute atomic E-state index is 0.0281. The van der Waals surface area contributed by atoms with Crippen LogP contribution in [0.4, 0.5) is 14.5 Å². The molecular formula is C18H17F2NO2. The van der Waals surface area contributed by atoms with Crippen molar-refractivity contribution in [1.29, 1.82) is 0 Å². The van der Waals surface area contributed by atoms with E-state index < -0.39 is 12.2 Å². The van der Waals surface area contributed by atoms with Crippen LogP contribution in [0.15, 0.2) is 48.5 Å². The molecule has 3 nitrogen and oxygen atoms in total. The highest BCUT2D eigenvalue weighted by Crippen LogP contribution is 2.40. The topological polar surface area (TPSA) is 29.5 Å². The summed E-state index contributed by atoms with van der Waals surface area (Å²) >= 11 is 0. The van der Waals surface area contributed by atoms with Gasteiger partial charge in [0.2, 0.25) is 0 Å². The summed E-state index contributed by atoms with van der Waals surface area (Å²) in [6.45, 7) is 1.12. The zero-order valence-electron chi connectivity index (χ0n) is 12.9. The molecule has 0 bridgehead atoms. The fraction of sp³-hybridized carbons (Fsp3) is 0.278. The highest BCUT2D eigenvalue weighted by atomic mass is 19.3. The first kappa shape index (κ1) is 15.5. The molecular weight excluding hydrogens is 300 g/mol. The quantitative estimate of drug-likeness (QED) is 0.843. The molecule has 1 aliphatic heterocycles. The molecule has 2 aromatic rings. The number of anilines is 1. The van der Waals surface area contributed by atoms with Gasteiger partial charge in [-0.25, -0.2) is 0 Å². The summed E-state index contributed by atoms with van der Waals surface area (Å²) in [4.78, 5) is 14.5. The van der Waals surface area contributed by atoms with E-state index in [0.717, 1.165) is 5.69 Å². The minimum atomic E-state index is -2.88. The smallest absolute Gasteiger partial charge is 0.387 e. The molecule has 120 valence electrons. The highest BCUT2D eigenvalue weighted by molar-refractivity contribution is 6.13. The van der Waals surface area contributed by atoms with Crippen LogP contribution in [0.25, 0.3) is 0 Å². The Morgan fingerprint density at radius 3 is 2.48 bits per heavy atom. The number of fused-ring (bicyclic) bond motifs is 1. The van der Waals surface area contributed by atoms with Crippen molar-refractivity contribution in [3.63, 3.8) is 0 Å². The van der Waals surface area contributed by atoms with E-state index in [1.54, 1.807) is 24.3 Å². The Morgan fingerprint density at radius 1 is 1.09 bits per heavy atom. The Balaban J connectivity index is 1.99. The molecule has 23 heavy (non-hydrogen) atoms. The monoisotopic (exact) mass is 317 g/mol. The lowest BCUT2D eigenvalue weighted by molar-refractivity contribution is -0.0504. The Morgan fingerprint density at radius 2 is 1.74 bits per heavy atom. The van der Waals surface area contributed by atoms with E-state index in [1.807, 2.05) is 36.9 Å². The molecule has 0 aromatic heterocycles. The number of nitrogens with zero attached hydrogens (tertiary/aromatic N) is 1.